The van der Waals surface area contributed by atoms with Crippen molar-refractivity contribution in [3.05, 3.63) is 64.8 Å². The van der Waals surface area contributed by atoms with Gasteiger partial charge in [0.25, 0.3) is 0 Å². The van der Waals surface area contributed by atoms with Gasteiger partial charge in [0.1, 0.15) is 0 Å². The number of hydrogen-bond acceptors (Lipinski definition) is 4. The lowest BCUT2D eigenvalue weighted by Gasteiger charge is -2.28. The van der Waals surface area contributed by atoms with Crippen LogP contribution in [0.3, 0.4) is 0 Å². The van der Waals surface area contributed by atoms with Gasteiger partial charge in [-0.05, 0) is 61.4 Å². The van der Waals surface area contributed by atoms with E-state index >= 15 is 0 Å². The first-order valence-electron chi connectivity index (χ1n) is 11.1. The highest BCUT2D eigenvalue weighted by Crippen LogP contribution is 2.31. The summed E-state index contributed by atoms with van der Waals surface area (Å²) < 4.78 is 8.69. The number of pyridine rings is 1. The Bertz CT molecular complexity index is 1160. The van der Waals surface area contributed by atoms with Crippen LogP contribution in [0.1, 0.15) is 31.2 Å². The minimum Gasteiger partial charge on any atom is -0.381 e. The van der Waals surface area contributed by atoms with Crippen LogP contribution in [0.2, 0.25) is 0 Å². The monoisotopic (exact) mass is 434 g/mol. The van der Waals surface area contributed by atoms with Gasteiger partial charge in [-0.15, -0.1) is 0 Å². The van der Waals surface area contributed by atoms with E-state index in [0.717, 1.165) is 48.0 Å². The molecule has 0 unspecified atom stereocenters. The van der Waals surface area contributed by atoms with E-state index in [1.54, 1.807) is 36.2 Å². The molecular weight excluding hydrogens is 404 g/mol. The molecule has 7 heteroatoms. The minimum absolute atomic E-state index is 0.00979. The van der Waals surface area contributed by atoms with Crippen LogP contribution in [0.15, 0.2) is 53.6 Å². The fourth-order valence-corrected chi connectivity index (χ4v) is 4.53. The number of carbonyl (C=O) groups is 1. The Morgan fingerprint density at radius 2 is 1.91 bits per heavy atom. The molecule has 1 fully saturated rings. The quantitative estimate of drug-likeness (QED) is 0.613. The van der Waals surface area contributed by atoms with Crippen LogP contribution in [-0.2, 0) is 23.1 Å². The zero-order chi connectivity index (χ0) is 22.5. The summed E-state index contributed by atoms with van der Waals surface area (Å²) in [5.41, 5.74) is 3.73. The number of methoxy groups -OCH3 is 1. The van der Waals surface area contributed by atoms with Crippen molar-refractivity contribution in [1.29, 1.82) is 0 Å². The van der Waals surface area contributed by atoms with E-state index < -0.39 is 0 Å². The summed E-state index contributed by atoms with van der Waals surface area (Å²) in [6.45, 7) is 1.23. The first kappa shape index (κ1) is 22.0. The number of benzene rings is 1. The SMILES string of the molecule is COCC=Cc1ccc2c(c1)n(CC1CCC(C(=O)Nc3ccncc3)CC1)c(=O)n2C. The molecule has 1 saturated carbocycles. The van der Waals surface area contributed by atoms with E-state index in [1.807, 2.05) is 35.9 Å². The number of fused-ring (bicyclic) bond motifs is 1. The minimum atomic E-state index is 0.00979. The van der Waals surface area contributed by atoms with E-state index in [2.05, 4.69) is 16.4 Å². The van der Waals surface area contributed by atoms with Crippen molar-refractivity contribution in [2.24, 2.45) is 18.9 Å². The molecule has 32 heavy (non-hydrogen) atoms. The normalized spacial score (nSPS) is 18.9. The van der Waals surface area contributed by atoms with Gasteiger partial charge >= 0.3 is 5.69 Å². The third kappa shape index (κ3) is 4.83. The van der Waals surface area contributed by atoms with Crippen LogP contribution >= 0.6 is 0 Å². The lowest BCUT2D eigenvalue weighted by Crippen LogP contribution is -2.30. The van der Waals surface area contributed by atoms with Gasteiger partial charge in [0.05, 0.1) is 17.6 Å². The highest BCUT2D eigenvalue weighted by molar-refractivity contribution is 5.92. The molecule has 1 aliphatic carbocycles. The summed E-state index contributed by atoms with van der Waals surface area (Å²) in [5, 5.41) is 2.99. The molecule has 0 aliphatic heterocycles. The average Bonchev–Trinajstić information content (AvgIpc) is 3.05. The van der Waals surface area contributed by atoms with Gasteiger partial charge in [0.15, 0.2) is 0 Å². The third-order valence-electron chi connectivity index (χ3n) is 6.35. The Morgan fingerprint density at radius 3 is 2.62 bits per heavy atom. The summed E-state index contributed by atoms with van der Waals surface area (Å²) in [4.78, 5) is 29.5. The van der Waals surface area contributed by atoms with Gasteiger partial charge < -0.3 is 10.1 Å². The molecule has 1 aromatic carbocycles. The Kier molecular flexibility index (Phi) is 6.85. The summed E-state index contributed by atoms with van der Waals surface area (Å²) in [6, 6.07) is 9.69. The van der Waals surface area contributed by atoms with Crippen molar-refractivity contribution in [2.45, 2.75) is 32.2 Å². The molecular formula is C25H30N4O3. The number of nitrogens with zero attached hydrogens (tertiary/aromatic N) is 3. The summed E-state index contributed by atoms with van der Waals surface area (Å²) in [6.07, 6.45) is 10.9. The van der Waals surface area contributed by atoms with Crippen molar-refractivity contribution in [1.82, 2.24) is 14.1 Å². The molecule has 0 saturated heterocycles. The van der Waals surface area contributed by atoms with E-state index in [0.29, 0.717) is 19.1 Å². The van der Waals surface area contributed by atoms with Crippen LogP contribution in [0.25, 0.3) is 17.1 Å². The van der Waals surface area contributed by atoms with Crippen LogP contribution in [0, 0.1) is 11.8 Å². The van der Waals surface area contributed by atoms with E-state index in [9.17, 15) is 9.59 Å². The zero-order valence-corrected chi connectivity index (χ0v) is 18.7. The van der Waals surface area contributed by atoms with Gasteiger partial charge in [0, 0.05) is 44.7 Å². The molecule has 1 amide bonds. The standard InChI is InChI=1S/C25H30N4O3/c1-28-22-10-7-18(4-3-15-32-2)16-23(22)29(25(28)31)17-19-5-8-20(9-6-19)24(30)27-21-11-13-26-14-12-21/h3-4,7,10-14,16,19-20H,5-6,8-9,15,17H2,1-2H3,(H,26,27,30). The Balaban J connectivity index is 1.43. The van der Waals surface area contributed by atoms with E-state index in [-0.39, 0.29) is 17.5 Å². The Labute approximate surface area is 187 Å². The predicted molar refractivity (Wildman–Crippen MR) is 126 cm³/mol. The molecule has 2 heterocycles. The van der Waals surface area contributed by atoms with Gasteiger partial charge in [-0.1, -0.05) is 18.2 Å². The molecule has 0 atom stereocenters. The number of amides is 1. The van der Waals surface area contributed by atoms with Crippen molar-refractivity contribution in [3.8, 4) is 0 Å². The number of aryl methyl sites for hydroxylation is 1. The number of imidazole rings is 1. The molecule has 2 aromatic heterocycles. The fraction of sp³-hybridized carbons (Fsp3) is 0.400. The van der Waals surface area contributed by atoms with Crippen molar-refractivity contribution < 1.29 is 9.53 Å². The van der Waals surface area contributed by atoms with Crippen LogP contribution in [0.4, 0.5) is 5.69 Å². The molecule has 168 valence electrons. The van der Waals surface area contributed by atoms with Gasteiger partial charge in [0.2, 0.25) is 5.91 Å². The Morgan fingerprint density at radius 1 is 1.16 bits per heavy atom. The summed E-state index contributed by atoms with van der Waals surface area (Å²) in [7, 11) is 3.49. The average molecular weight is 435 g/mol. The predicted octanol–water partition coefficient (Wildman–Crippen LogP) is 3.84. The van der Waals surface area contributed by atoms with Crippen LogP contribution in [0.5, 0.6) is 0 Å². The molecule has 0 radical (unpaired) electrons. The second-order valence-electron chi connectivity index (χ2n) is 8.50. The molecule has 0 spiro atoms. The maximum atomic E-state index is 12.9. The molecule has 3 aromatic rings. The van der Waals surface area contributed by atoms with E-state index in [1.165, 1.54) is 0 Å². The van der Waals surface area contributed by atoms with Crippen molar-refractivity contribution in [3.63, 3.8) is 0 Å². The van der Waals surface area contributed by atoms with Crippen molar-refractivity contribution in [2.75, 3.05) is 19.0 Å². The van der Waals surface area contributed by atoms with Crippen molar-refractivity contribution >= 4 is 28.7 Å². The highest BCUT2D eigenvalue weighted by Gasteiger charge is 2.27. The van der Waals surface area contributed by atoms with Gasteiger partial charge in [-0.25, -0.2) is 4.79 Å². The van der Waals surface area contributed by atoms with Crippen LogP contribution < -0.4 is 11.0 Å². The summed E-state index contributed by atoms with van der Waals surface area (Å²) in [5.74, 6) is 0.474. The second-order valence-corrected chi connectivity index (χ2v) is 8.50. The topological polar surface area (TPSA) is 78.2 Å². The van der Waals surface area contributed by atoms with Gasteiger partial charge in [-0.2, -0.15) is 0 Å². The number of carbonyl (C=O) groups excluding carboxylic acids is 1. The molecule has 4 rings (SSSR count). The zero-order valence-electron chi connectivity index (χ0n) is 18.7. The number of anilines is 1. The number of hydrogen-bond donors (Lipinski definition) is 1. The Hall–Kier alpha value is -3.19. The lowest BCUT2D eigenvalue weighted by molar-refractivity contribution is -0.121. The first-order chi connectivity index (χ1) is 15.6. The fourth-order valence-electron chi connectivity index (χ4n) is 4.53. The number of aromatic nitrogens is 3. The first-order valence-corrected chi connectivity index (χ1v) is 11.1. The highest BCUT2D eigenvalue weighted by atomic mass is 16.5. The maximum Gasteiger partial charge on any atom is 0.328 e. The number of rotatable bonds is 7. The number of nitrogens with one attached hydrogen (secondary N) is 1. The molecule has 1 N–H and O–H groups in total. The smallest absolute Gasteiger partial charge is 0.328 e. The molecule has 1 aliphatic rings. The number of ether oxygens (including phenoxy) is 1. The molecule has 7 nitrogen and oxygen atoms in total. The largest absolute Gasteiger partial charge is 0.381 e. The third-order valence-corrected chi connectivity index (χ3v) is 6.35. The lowest BCUT2D eigenvalue weighted by atomic mass is 9.81. The van der Waals surface area contributed by atoms with Gasteiger partial charge in [-0.3, -0.25) is 18.9 Å². The second kappa shape index (κ2) is 9.96. The summed E-state index contributed by atoms with van der Waals surface area (Å²) >= 11 is 0. The van der Waals surface area contributed by atoms with E-state index in [4.69, 9.17) is 4.74 Å². The molecule has 0 bridgehead atoms. The van der Waals surface area contributed by atoms with Crippen LogP contribution in [-0.4, -0.2) is 33.7 Å². The maximum absolute atomic E-state index is 12.9.